The van der Waals surface area contributed by atoms with Gasteiger partial charge >= 0.3 is 30.3 Å². The summed E-state index contributed by atoms with van der Waals surface area (Å²) in [6, 6.07) is 16.7. The summed E-state index contributed by atoms with van der Waals surface area (Å²) in [6.45, 7) is 4.51. The number of carbonyl (C=O) groups is 3. The zero-order chi connectivity index (χ0) is 30.6. The molecule has 2 atom stereocenters. The number of urea groups is 1. The Bertz CT molecular complexity index is 1090. The fraction of sp³-hybridized carbons (Fsp3) is 0.462. The topological polar surface area (TPSA) is 123 Å². The number of carboxylic acids is 2. The molecule has 41 heavy (non-hydrogen) atoms. The lowest BCUT2D eigenvalue weighted by atomic mass is 9.96. The summed E-state index contributed by atoms with van der Waals surface area (Å²) in [5, 5.41) is 17.4. The maximum atomic E-state index is 12.7. The van der Waals surface area contributed by atoms with E-state index in [0.717, 1.165) is 50.3 Å². The molecule has 0 radical (unpaired) electrons. The van der Waals surface area contributed by atoms with Crippen LogP contribution in [0.15, 0.2) is 54.7 Å². The van der Waals surface area contributed by atoms with Gasteiger partial charge in [0.1, 0.15) is 0 Å². The van der Waals surface area contributed by atoms with Crippen LogP contribution in [0.3, 0.4) is 0 Å². The molecule has 0 saturated carbocycles. The molecule has 2 saturated heterocycles. The molecule has 15 heteroatoms. The lowest BCUT2D eigenvalue weighted by molar-refractivity contribution is -0.193. The van der Waals surface area contributed by atoms with E-state index in [1.54, 1.807) is 0 Å². The van der Waals surface area contributed by atoms with Crippen molar-refractivity contribution in [2.45, 2.75) is 50.7 Å². The van der Waals surface area contributed by atoms with Crippen LogP contribution in [0.4, 0.5) is 31.1 Å². The average Bonchev–Trinajstić information content (AvgIpc) is 3.22. The van der Waals surface area contributed by atoms with E-state index < -0.39 is 24.3 Å². The molecule has 2 aliphatic rings. The van der Waals surface area contributed by atoms with Crippen LogP contribution >= 0.6 is 0 Å². The van der Waals surface area contributed by atoms with Crippen LogP contribution in [0.25, 0.3) is 0 Å². The van der Waals surface area contributed by atoms with Crippen LogP contribution < -0.4 is 5.32 Å². The Balaban J connectivity index is 0.000000349. The predicted octanol–water partition coefficient (Wildman–Crippen LogP) is 4.54. The summed E-state index contributed by atoms with van der Waals surface area (Å²) in [5.74, 6) is -4.89. The third-order valence-corrected chi connectivity index (χ3v) is 6.39. The van der Waals surface area contributed by atoms with Crippen molar-refractivity contribution < 1.29 is 50.9 Å². The number of aliphatic carboxylic acids is 2. The normalized spacial score (nSPS) is 18.9. The highest BCUT2D eigenvalue weighted by Crippen LogP contribution is 2.32. The number of hydrogen-bond donors (Lipinski definition) is 3. The Morgan fingerprint density at radius 3 is 1.90 bits per heavy atom. The molecule has 1 aromatic carbocycles. The fourth-order valence-electron chi connectivity index (χ4n) is 4.43. The van der Waals surface area contributed by atoms with Gasteiger partial charge in [0.15, 0.2) is 0 Å². The Labute approximate surface area is 231 Å². The van der Waals surface area contributed by atoms with Crippen molar-refractivity contribution in [1.29, 1.82) is 0 Å². The van der Waals surface area contributed by atoms with Crippen LogP contribution in [-0.4, -0.2) is 81.0 Å². The lowest BCUT2D eigenvalue weighted by Gasteiger charge is -2.27. The van der Waals surface area contributed by atoms with Gasteiger partial charge in [-0.25, -0.2) is 14.4 Å². The molecule has 2 aromatic rings. The van der Waals surface area contributed by atoms with Crippen LogP contribution in [-0.2, 0) is 22.7 Å². The molecule has 0 bridgehead atoms. The maximum Gasteiger partial charge on any atom is 0.490 e. The van der Waals surface area contributed by atoms with Gasteiger partial charge in [0.05, 0.1) is 5.69 Å². The van der Waals surface area contributed by atoms with E-state index in [4.69, 9.17) is 19.8 Å². The van der Waals surface area contributed by atoms with Crippen molar-refractivity contribution in [2.24, 2.45) is 5.92 Å². The molecular formula is C26H30F6N4O5. The van der Waals surface area contributed by atoms with Crippen molar-refractivity contribution in [2.75, 3.05) is 19.6 Å². The molecule has 9 nitrogen and oxygen atoms in total. The van der Waals surface area contributed by atoms with Crippen LogP contribution in [0, 0.1) is 5.92 Å². The van der Waals surface area contributed by atoms with Gasteiger partial charge in [0.25, 0.3) is 0 Å². The van der Waals surface area contributed by atoms with Gasteiger partial charge in [-0.1, -0.05) is 36.4 Å². The highest BCUT2D eigenvalue weighted by atomic mass is 19.4. The van der Waals surface area contributed by atoms with Crippen molar-refractivity contribution >= 4 is 18.0 Å². The molecule has 2 fully saturated rings. The molecule has 226 valence electrons. The molecule has 3 N–H and O–H groups in total. The quantitative estimate of drug-likeness (QED) is 0.446. The zero-order valence-corrected chi connectivity index (χ0v) is 21.7. The first-order valence-corrected chi connectivity index (χ1v) is 12.5. The standard InChI is InChI=1S/C22H28N4O.2C2HF3O2/c27-22(24-16-18-6-2-1-3-7-18)26-15-10-19-9-13-25(14-11-21(19)26)17-20-8-4-5-12-23-20;2*3-2(4,5)1(6)7/h1-8,12,19,21H,9-11,13-17H2,(H,24,27);2*(H,6,7). The molecule has 1 aromatic heterocycles. The molecule has 2 unspecified atom stereocenters. The first-order chi connectivity index (χ1) is 19.2. The van der Waals surface area contributed by atoms with Crippen LogP contribution in [0.2, 0.25) is 0 Å². The molecule has 3 heterocycles. The molecule has 0 aliphatic carbocycles. The minimum Gasteiger partial charge on any atom is -0.475 e. The number of carboxylic acid groups (broad SMARTS) is 2. The monoisotopic (exact) mass is 592 g/mol. The second kappa shape index (κ2) is 15.2. The second-order valence-corrected chi connectivity index (χ2v) is 9.23. The number of alkyl halides is 6. The first-order valence-electron chi connectivity index (χ1n) is 12.5. The van der Waals surface area contributed by atoms with Crippen molar-refractivity contribution in [3.8, 4) is 0 Å². The average molecular weight is 593 g/mol. The number of nitrogens with zero attached hydrogens (tertiary/aromatic N) is 3. The second-order valence-electron chi connectivity index (χ2n) is 9.23. The summed E-state index contributed by atoms with van der Waals surface area (Å²) in [6.07, 6.45) is -4.96. The van der Waals surface area contributed by atoms with Crippen LogP contribution in [0.5, 0.6) is 0 Å². The number of fused-ring (bicyclic) bond motifs is 1. The van der Waals surface area contributed by atoms with E-state index >= 15 is 0 Å². The Kier molecular flexibility index (Phi) is 12.4. The molecule has 2 aliphatic heterocycles. The summed E-state index contributed by atoms with van der Waals surface area (Å²) in [5.41, 5.74) is 2.27. The van der Waals surface area contributed by atoms with Gasteiger partial charge in [0, 0.05) is 38.4 Å². The van der Waals surface area contributed by atoms with Crippen molar-refractivity contribution in [3.05, 3.63) is 66.0 Å². The number of pyridine rings is 1. The van der Waals surface area contributed by atoms with E-state index in [0.29, 0.717) is 18.5 Å². The van der Waals surface area contributed by atoms with E-state index in [1.165, 1.54) is 6.42 Å². The Morgan fingerprint density at radius 1 is 0.829 bits per heavy atom. The van der Waals surface area contributed by atoms with Gasteiger partial charge in [0.2, 0.25) is 0 Å². The first kappa shape index (κ1) is 33.3. The largest absolute Gasteiger partial charge is 0.490 e. The molecule has 4 rings (SSSR count). The number of benzene rings is 1. The smallest absolute Gasteiger partial charge is 0.475 e. The molecular weight excluding hydrogens is 562 g/mol. The van der Waals surface area contributed by atoms with Gasteiger partial charge in [-0.3, -0.25) is 9.88 Å². The van der Waals surface area contributed by atoms with Gasteiger partial charge in [-0.05, 0) is 49.4 Å². The number of carbonyl (C=O) groups excluding carboxylic acids is 1. The number of rotatable bonds is 4. The van der Waals surface area contributed by atoms with E-state index in [-0.39, 0.29) is 6.03 Å². The van der Waals surface area contributed by atoms with Crippen molar-refractivity contribution in [3.63, 3.8) is 0 Å². The minimum atomic E-state index is -5.08. The summed E-state index contributed by atoms with van der Waals surface area (Å²) < 4.78 is 63.5. The maximum absolute atomic E-state index is 12.7. The summed E-state index contributed by atoms with van der Waals surface area (Å²) >= 11 is 0. The van der Waals surface area contributed by atoms with E-state index in [9.17, 15) is 31.1 Å². The number of nitrogens with one attached hydrogen (secondary N) is 1. The summed E-state index contributed by atoms with van der Waals surface area (Å²) in [7, 11) is 0. The number of halogens is 6. The van der Waals surface area contributed by atoms with Gasteiger partial charge < -0.3 is 20.4 Å². The highest BCUT2D eigenvalue weighted by molar-refractivity contribution is 5.75. The van der Waals surface area contributed by atoms with Crippen molar-refractivity contribution in [1.82, 2.24) is 20.1 Å². The predicted molar refractivity (Wildman–Crippen MR) is 133 cm³/mol. The number of likely N-dealkylation sites (tertiary alicyclic amines) is 2. The third-order valence-electron chi connectivity index (χ3n) is 6.39. The number of aromatic nitrogens is 1. The summed E-state index contributed by atoms with van der Waals surface area (Å²) in [4.78, 5) is 39.6. The third kappa shape index (κ3) is 11.6. The Hall–Kier alpha value is -3.88. The minimum absolute atomic E-state index is 0.0875. The van der Waals surface area contributed by atoms with E-state index in [2.05, 4.69) is 26.2 Å². The fourth-order valence-corrected chi connectivity index (χ4v) is 4.43. The number of amides is 2. The van der Waals surface area contributed by atoms with Crippen LogP contribution in [0.1, 0.15) is 30.5 Å². The highest BCUT2D eigenvalue weighted by Gasteiger charge is 2.39. The SMILES string of the molecule is O=C(NCc1ccccc1)N1CCC2CCN(Cc3ccccn3)CCC21.O=C(O)C(F)(F)F.O=C(O)C(F)(F)F. The van der Waals surface area contributed by atoms with Gasteiger partial charge in [-0.2, -0.15) is 26.3 Å². The zero-order valence-electron chi connectivity index (χ0n) is 21.7. The Morgan fingerprint density at radius 2 is 1.37 bits per heavy atom. The molecule has 2 amide bonds. The number of hydrogen-bond acceptors (Lipinski definition) is 5. The molecule has 0 spiro atoms. The lowest BCUT2D eigenvalue weighted by Crippen LogP contribution is -2.44. The van der Waals surface area contributed by atoms with Gasteiger partial charge in [-0.15, -0.1) is 0 Å². The van der Waals surface area contributed by atoms with E-state index in [1.807, 2.05) is 48.7 Å².